The van der Waals surface area contributed by atoms with Gasteiger partial charge in [0.15, 0.2) is 0 Å². The van der Waals surface area contributed by atoms with Crippen molar-refractivity contribution in [2.45, 2.75) is 195 Å². The summed E-state index contributed by atoms with van der Waals surface area (Å²) in [5.41, 5.74) is 37.0. The molecular weight excluding hydrogens is 1070 g/mol. The van der Waals surface area contributed by atoms with Crippen molar-refractivity contribution in [3.05, 3.63) is 185 Å². The highest BCUT2D eigenvalue weighted by molar-refractivity contribution is 7.06. The van der Waals surface area contributed by atoms with Crippen LogP contribution in [0.5, 0.6) is 0 Å². The molecule has 1 aliphatic carbocycles. The topological polar surface area (TPSA) is 9.86 Å². The van der Waals surface area contributed by atoms with Crippen LogP contribution in [0.4, 0.5) is 0 Å². The van der Waals surface area contributed by atoms with Gasteiger partial charge >= 0.3 is 0 Å². The highest BCUT2D eigenvalue weighted by Gasteiger charge is 2.53. The molecule has 0 N–H and O–H groups in total. The van der Waals surface area contributed by atoms with E-state index in [9.17, 15) is 0 Å². The van der Waals surface area contributed by atoms with Crippen LogP contribution in [0.2, 0.25) is 0 Å². The van der Waals surface area contributed by atoms with Crippen molar-refractivity contribution in [3.8, 4) is 33.6 Å². The van der Waals surface area contributed by atoms with Crippen molar-refractivity contribution in [1.29, 1.82) is 0 Å². The molecule has 0 spiro atoms. The van der Waals surface area contributed by atoms with Crippen LogP contribution in [0, 0.1) is 0 Å². The summed E-state index contributed by atoms with van der Waals surface area (Å²) < 4.78 is 5.88. The highest BCUT2D eigenvalue weighted by Crippen LogP contribution is 2.50. The normalized spacial score (nSPS) is 15.6. The Kier molecular flexibility index (Phi) is 12.0. The molecule has 2 nitrogen and oxygen atoms in total. The molecule has 0 bridgehead atoms. The first-order valence-corrected chi connectivity index (χ1v) is 34.0. The van der Waals surface area contributed by atoms with E-state index in [2.05, 4.69) is 279 Å². The highest BCUT2D eigenvalue weighted by atomic mass is 15.1. The molecule has 16 rings (SSSR count). The lowest BCUT2D eigenvalue weighted by atomic mass is 9.26. The third-order valence-electron chi connectivity index (χ3n) is 22.3. The molecule has 6 heterocycles. The second-order valence-electron chi connectivity index (χ2n) is 34.3. The van der Waals surface area contributed by atoms with Crippen molar-refractivity contribution in [3.63, 3.8) is 0 Å². The van der Waals surface area contributed by atoms with E-state index < -0.39 is 0 Å². The summed E-state index contributed by atoms with van der Waals surface area (Å²) in [6.45, 7) is 43.2. The average Bonchev–Trinajstić information content (AvgIpc) is 1.55. The standard InChI is InChI=1S/C84H89B3N2/c1-79(2,3)52-30-24-48(25-31-52)49-28-36-55(37-29-49)85-61-44-40-57(50-26-32-53(33-27-50)80(4,5)6)66-67-58(82(10,11)12)42-46-63-75(67)88(73(61)66)77-70(85)65(51-22-20-19-21-23-51)71-78-72(77)87(63)64-47-43-60(84(16,17)18)69-68-59(83(13,14)15)41-45-62(74(68)89(78)76(64)69)86(71)56-38-34-54(35-39-56)81(7,8)9/h24-47,51H,19-23H2,1-18H3. The number of nitrogens with zero attached hydrogens (tertiary/aromatic N) is 2. The lowest BCUT2D eigenvalue weighted by Crippen LogP contribution is -2.71. The van der Waals surface area contributed by atoms with Crippen LogP contribution in [0.1, 0.15) is 202 Å². The summed E-state index contributed by atoms with van der Waals surface area (Å²) in [5, 5.41) is 5.79. The van der Waals surface area contributed by atoms with Gasteiger partial charge in [-0.2, -0.15) is 0 Å². The van der Waals surface area contributed by atoms with Crippen LogP contribution in [0.15, 0.2) is 146 Å². The Hall–Kier alpha value is -7.23. The molecule has 89 heavy (non-hydrogen) atoms. The lowest BCUT2D eigenvalue weighted by Gasteiger charge is -2.45. The van der Waals surface area contributed by atoms with Gasteiger partial charge in [-0.1, -0.05) is 306 Å². The van der Waals surface area contributed by atoms with Gasteiger partial charge in [-0.3, -0.25) is 0 Å². The number of aromatic nitrogens is 2. The Bertz CT molecular complexity index is 4820. The van der Waals surface area contributed by atoms with Crippen LogP contribution < -0.4 is 49.2 Å². The van der Waals surface area contributed by atoms with Gasteiger partial charge in [0.2, 0.25) is 13.4 Å². The minimum atomic E-state index is -0.141. The molecule has 4 aliphatic heterocycles. The fraction of sp³-hybridized carbons (Fsp3) is 0.357. The van der Waals surface area contributed by atoms with E-state index in [-0.39, 0.29) is 52.6 Å². The first-order chi connectivity index (χ1) is 42.0. The zero-order valence-corrected chi connectivity index (χ0v) is 56.6. The molecule has 0 atom stereocenters. The Balaban J connectivity index is 1.14. The van der Waals surface area contributed by atoms with Crippen LogP contribution in [-0.4, -0.2) is 29.3 Å². The third-order valence-corrected chi connectivity index (χ3v) is 22.3. The summed E-state index contributed by atoms with van der Waals surface area (Å²) >= 11 is 0. The Morgan fingerprint density at radius 2 is 0.629 bits per heavy atom. The predicted molar refractivity (Wildman–Crippen MR) is 391 cm³/mol. The summed E-state index contributed by atoms with van der Waals surface area (Å²) in [4.78, 5) is 0. The molecule has 5 heteroatoms. The molecular formula is C84H89B3N2. The van der Waals surface area contributed by atoms with Crippen molar-refractivity contribution in [1.82, 2.24) is 9.13 Å². The molecule has 1 saturated carbocycles. The summed E-state index contributed by atoms with van der Waals surface area (Å²) in [5.74, 6) is 0.387. The molecule has 0 saturated heterocycles. The SMILES string of the molecule is CC(C)(C)c1ccc(B2c3c(C4CCCCC4)c4c5c6c3-n3c7c2ccc(C(C)(C)C)c7c2c(C(C)(C)C)ccc(c23)B6c2ccc(C(C)(C)C)c3c6c(-c7ccc(C(C)(C)C)cc7)ccc(c6n-5c23)B4c2ccc(-c3ccc(C(C)(C)C)cc3)cc2)cc1. The smallest absolute Gasteiger partial charge is 0.252 e. The van der Waals surface area contributed by atoms with Gasteiger partial charge in [-0.25, -0.2) is 0 Å². The maximum atomic E-state index is 2.94. The maximum Gasteiger partial charge on any atom is 0.252 e. The Morgan fingerprint density at radius 1 is 0.303 bits per heavy atom. The molecule has 0 amide bonds. The quantitative estimate of drug-likeness (QED) is 0.152. The van der Waals surface area contributed by atoms with E-state index in [1.54, 1.807) is 16.5 Å². The minimum Gasteiger partial charge on any atom is -0.311 e. The second-order valence-corrected chi connectivity index (χ2v) is 34.3. The van der Waals surface area contributed by atoms with Crippen molar-refractivity contribution >= 4 is 113 Å². The summed E-state index contributed by atoms with van der Waals surface area (Å²) in [6.07, 6.45) is 6.19. The molecule has 444 valence electrons. The first-order valence-electron chi connectivity index (χ1n) is 34.0. The van der Waals surface area contributed by atoms with Gasteiger partial charge in [-0.05, 0) is 145 Å². The number of hydrogen-bond donors (Lipinski definition) is 0. The lowest BCUT2D eigenvalue weighted by molar-refractivity contribution is 0.446. The number of benzene rings is 9. The zero-order chi connectivity index (χ0) is 62.3. The first kappa shape index (κ1) is 57.0. The molecule has 9 aromatic carbocycles. The van der Waals surface area contributed by atoms with E-state index in [0.29, 0.717) is 5.92 Å². The zero-order valence-electron chi connectivity index (χ0n) is 56.6. The van der Waals surface area contributed by atoms with E-state index in [1.807, 2.05) is 0 Å². The molecule has 0 radical (unpaired) electrons. The Labute approximate surface area is 532 Å². The van der Waals surface area contributed by atoms with Gasteiger partial charge in [0.25, 0.3) is 6.71 Å². The van der Waals surface area contributed by atoms with E-state index in [1.165, 1.54) is 181 Å². The molecule has 11 aromatic rings. The van der Waals surface area contributed by atoms with Crippen LogP contribution in [0.25, 0.3) is 77.2 Å². The largest absolute Gasteiger partial charge is 0.311 e. The minimum absolute atomic E-state index is 0.00159. The number of hydrogen-bond acceptors (Lipinski definition) is 0. The third kappa shape index (κ3) is 8.10. The van der Waals surface area contributed by atoms with Crippen LogP contribution >= 0.6 is 0 Å². The monoisotopic (exact) mass is 1160 g/mol. The van der Waals surface area contributed by atoms with Crippen LogP contribution in [0.3, 0.4) is 0 Å². The summed E-state index contributed by atoms with van der Waals surface area (Å²) in [7, 11) is 0. The average molecular weight is 1160 g/mol. The predicted octanol–water partition coefficient (Wildman–Crippen LogP) is 15.8. The summed E-state index contributed by atoms with van der Waals surface area (Å²) in [6, 6.07) is 59.9. The van der Waals surface area contributed by atoms with Gasteiger partial charge in [0.05, 0.1) is 0 Å². The van der Waals surface area contributed by atoms with Gasteiger partial charge in [0, 0.05) is 55.0 Å². The van der Waals surface area contributed by atoms with Gasteiger partial charge < -0.3 is 9.13 Å². The molecule has 1 fully saturated rings. The van der Waals surface area contributed by atoms with Crippen LogP contribution in [-0.2, 0) is 32.5 Å². The van der Waals surface area contributed by atoms with Crippen molar-refractivity contribution < 1.29 is 0 Å². The van der Waals surface area contributed by atoms with E-state index in [4.69, 9.17) is 0 Å². The van der Waals surface area contributed by atoms with E-state index in [0.717, 1.165) is 0 Å². The van der Waals surface area contributed by atoms with E-state index >= 15 is 0 Å². The number of rotatable bonds is 5. The molecule has 0 unspecified atom stereocenters. The Morgan fingerprint density at radius 3 is 1.02 bits per heavy atom. The fourth-order valence-corrected chi connectivity index (χ4v) is 17.9. The van der Waals surface area contributed by atoms with Crippen molar-refractivity contribution in [2.75, 3.05) is 0 Å². The molecule has 5 aliphatic rings. The maximum absolute atomic E-state index is 2.94. The van der Waals surface area contributed by atoms with Crippen molar-refractivity contribution in [2.24, 2.45) is 0 Å². The van der Waals surface area contributed by atoms with Gasteiger partial charge in [0.1, 0.15) is 0 Å². The second kappa shape index (κ2) is 18.7. The molecule has 2 aromatic heterocycles. The van der Waals surface area contributed by atoms with Gasteiger partial charge in [-0.15, -0.1) is 0 Å². The number of fused-ring (bicyclic) bond motifs is 4. The fourth-order valence-electron chi connectivity index (χ4n) is 17.9.